The van der Waals surface area contributed by atoms with Crippen LogP contribution in [0.4, 0.5) is 0 Å². The largest absolute Gasteiger partial charge is 0.328 e. The molecule has 4 heteroatoms. The molecule has 0 aliphatic rings. The highest BCUT2D eigenvalue weighted by atomic mass is 31.2. The summed E-state index contributed by atoms with van der Waals surface area (Å²) in [5.74, 6) is 0. The lowest BCUT2D eigenvalue weighted by Gasteiger charge is -2.01. The van der Waals surface area contributed by atoms with E-state index in [-0.39, 0.29) is 0 Å². The van der Waals surface area contributed by atoms with E-state index in [1.54, 1.807) is 0 Å². The van der Waals surface area contributed by atoms with Gasteiger partial charge in [0.25, 0.3) is 0 Å². The lowest BCUT2D eigenvalue weighted by Crippen LogP contribution is -1.85. The summed E-state index contributed by atoms with van der Waals surface area (Å²) in [4.78, 5) is 21.7. The molecular weight excluding hydrogens is 619 g/mol. The smallest absolute Gasteiger partial charge is 0.324 e. The number of unbranched alkanes of at least 4 members (excludes halogenated alkanes) is 18. The molecule has 0 radical (unpaired) electrons. The Morgan fingerprint density at radius 1 is 0.306 bits per heavy atom. The minimum Gasteiger partial charge on any atom is -0.328 e. The zero-order valence-corrected chi connectivity index (χ0v) is 32.8. The molecule has 3 N–H and O–H groups in total. The fourth-order valence-electron chi connectivity index (χ4n) is 5.79. The third-order valence-electron chi connectivity index (χ3n) is 8.74. The maximum atomic E-state index is 7.23. The van der Waals surface area contributed by atoms with Crippen molar-refractivity contribution in [3.8, 4) is 0 Å². The van der Waals surface area contributed by atoms with Gasteiger partial charge < -0.3 is 14.7 Å². The van der Waals surface area contributed by atoms with Crippen LogP contribution in [0.3, 0.4) is 0 Å². The number of aryl methyl sites for hydroxylation is 3. The Morgan fingerprint density at radius 2 is 0.490 bits per heavy atom. The van der Waals surface area contributed by atoms with Crippen LogP contribution in [0.1, 0.15) is 172 Å². The van der Waals surface area contributed by atoms with Crippen molar-refractivity contribution in [2.45, 2.75) is 175 Å². The summed E-state index contributed by atoms with van der Waals surface area (Å²) >= 11 is 0. The van der Waals surface area contributed by atoms with Crippen LogP contribution in [-0.2, 0) is 19.3 Å². The van der Waals surface area contributed by atoms with Crippen LogP contribution in [0.2, 0.25) is 0 Å². The van der Waals surface area contributed by atoms with E-state index in [1.807, 2.05) is 0 Å². The van der Waals surface area contributed by atoms with Crippen molar-refractivity contribution in [2.24, 2.45) is 0 Å². The third-order valence-corrected chi connectivity index (χ3v) is 8.74. The van der Waals surface area contributed by atoms with Gasteiger partial charge in [-0.25, -0.2) is 0 Å². The van der Waals surface area contributed by atoms with Crippen molar-refractivity contribution in [3.63, 3.8) is 0 Å². The summed E-state index contributed by atoms with van der Waals surface area (Å²) in [5.41, 5.74) is 4.48. The molecule has 0 saturated carbocycles. The second-order valence-electron chi connectivity index (χ2n) is 13.3. The van der Waals surface area contributed by atoms with Gasteiger partial charge in [-0.05, 0) is 55.2 Å². The molecule has 3 aromatic carbocycles. The summed E-state index contributed by atoms with van der Waals surface area (Å²) < 4.78 is 0. The molecule has 0 unspecified atom stereocenters. The summed E-state index contributed by atoms with van der Waals surface area (Å²) in [5, 5.41) is 0. The van der Waals surface area contributed by atoms with Crippen LogP contribution in [0.25, 0.3) is 0 Å². The average Bonchev–Trinajstić information content (AvgIpc) is 3.12. The van der Waals surface area contributed by atoms with Gasteiger partial charge in [0.15, 0.2) is 0 Å². The van der Waals surface area contributed by atoms with Gasteiger partial charge in [0.1, 0.15) is 0 Å². The molecule has 0 spiro atoms. The molecule has 3 nitrogen and oxygen atoms in total. The fraction of sp³-hybridized carbons (Fsp3) is 0.600. The van der Waals surface area contributed by atoms with Crippen molar-refractivity contribution in [3.05, 3.63) is 108 Å². The third kappa shape index (κ3) is 37.1. The van der Waals surface area contributed by atoms with Gasteiger partial charge in [0.2, 0.25) is 0 Å². The molecule has 49 heavy (non-hydrogen) atoms. The number of hydrogen-bond acceptors (Lipinski definition) is 3. The SMILES string of the molecule is CCCCCCCCCc1ccccc1.CCCCCCCCCc1ccccc1.CCCCCCCCCc1ccccc1.OP(O)O. The second kappa shape index (κ2) is 38.8. The Bertz CT molecular complexity index is 868. The Balaban J connectivity index is 0.000000667. The van der Waals surface area contributed by atoms with E-state index >= 15 is 0 Å². The highest BCUT2D eigenvalue weighted by molar-refractivity contribution is 7.38. The summed E-state index contributed by atoms with van der Waals surface area (Å²) in [7, 11) is -2.62. The Labute approximate surface area is 305 Å². The van der Waals surface area contributed by atoms with E-state index in [1.165, 1.54) is 171 Å². The van der Waals surface area contributed by atoms with E-state index in [4.69, 9.17) is 14.7 Å². The topological polar surface area (TPSA) is 60.7 Å². The molecule has 0 amide bonds. The van der Waals surface area contributed by atoms with Crippen LogP contribution < -0.4 is 0 Å². The van der Waals surface area contributed by atoms with Gasteiger partial charge in [-0.1, -0.05) is 227 Å². The van der Waals surface area contributed by atoms with Crippen LogP contribution in [0, 0.1) is 0 Å². The zero-order valence-electron chi connectivity index (χ0n) is 31.9. The highest BCUT2D eigenvalue weighted by Crippen LogP contribution is 2.13. The molecule has 0 heterocycles. The number of hydrogen-bond donors (Lipinski definition) is 3. The minimum absolute atomic E-state index is 1.26. The van der Waals surface area contributed by atoms with Gasteiger partial charge in [-0.15, -0.1) is 0 Å². The van der Waals surface area contributed by atoms with Crippen molar-refractivity contribution in [1.82, 2.24) is 0 Å². The molecule has 0 bridgehead atoms. The van der Waals surface area contributed by atoms with Crippen molar-refractivity contribution in [2.75, 3.05) is 0 Å². The van der Waals surface area contributed by atoms with E-state index in [9.17, 15) is 0 Å². The molecule has 0 atom stereocenters. The predicted octanol–water partition coefficient (Wildman–Crippen LogP) is 14.1. The predicted molar refractivity (Wildman–Crippen MR) is 218 cm³/mol. The molecule has 0 fully saturated rings. The molecular formula is C45H75O3P. The van der Waals surface area contributed by atoms with Gasteiger partial charge >= 0.3 is 8.60 Å². The lowest BCUT2D eigenvalue weighted by molar-refractivity contribution is 0.368. The maximum Gasteiger partial charge on any atom is 0.324 e. The first-order valence-electron chi connectivity index (χ1n) is 20.0. The molecule has 0 aliphatic heterocycles. The highest BCUT2D eigenvalue weighted by Gasteiger charge is 1.95. The number of rotatable bonds is 24. The normalized spacial score (nSPS) is 10.3. The van der Waals surface area contributed by atoms with Gasteiger partial charge in [0.05, 0.1) is 0 Å². The molecule has 0 aliphatic carbocycles. The van der Waals surface area contributed by atoms with Gasteiger partial charge in [0, 0.05) is 0 Å². The van der Waals surface area contributed by atoms with Crippen LogP contribution in [0.15, 0.2) is 91.0 Å². The van der Waals surface area contributed by atoms with Crippen molar-refractivity contribution in [1.29, 1.82) is 0 Å². The monoisotopic (exact) mass is 695 g/mol. The second-order valence-corrected chi connectivity index (χ2v) is 13.9. The Kier molecular flexibility index (Phi) is 37.2. The number of benzene rings is 3. The Morgan fingerprint density at radius 3 is 0.694 bits per heavy atom. The molecule has 3 aromatic rings. The maximum absolute atomic E-state index is 7.23. The van der Waals surface area contributed by atoms with Gasteiger partial charge in [-0.2, -0.15) is 0 Å². The summed E-state index contributed by atoms with van der Waals surface area (Å²) in [6.07, 6.45) is 33.2. The minimum atomic E-state index is -2.62. The van der Waals surface area contributed by atoms with E-state index in [2.05, 4.69) is 112 Å². The van der Waals surface area contributed by atoms with E-state index < -0.39 is 8.60 Å². The van der Waals surface area contributed by atoms with Crippen LogP contribution >= 0.6 is 8.60 Å². The summed E-state index contributed by atoms with van der Waals surface area (Å²) in [6.45, 7) is 6.82. The first kappa shape index (κ1) is 47.0. The van der Waals surface area contributed by atoms with Crippen molar-refractivity contribution < 1.29 is 14.7 Å². The molecule has 0 aromatic heterocycles. The van der Waals surface area contributed by atoms with Crippen LogP contribution in [-0.4, -0.2) is 14.7 Å². The van der Waals surface area contributed by atoms with Crippen LogP contribution in [0.5, 0.6) is 0 Å². The van der Waals surface area contributed by atoms with E-state index in [0.29, 0.717) is 0 Å². The summed E-state index contributed by atoms with van der Waals surface area (Å²) in [6, 6.07) is 32.5. The van der Waals surface area contributed by atoms with Gasteiger partial charge in [-0.3, -0.25) is 0 Å². The standard InChI is InChI=1S/3C15H24.H3O3P/c3*1-2-3-4-5-6-7-9-12-15-13-10-8-11-14-15;1-4(2)3/h3*8,10-11,13-14H,2-7,9,12H2,1H3;1-3H. The average molecular weight is 695 g/mol. The molecule has 3 rings (SSSR count). The fourth-order valence-corrected chi connectivity index (χ4v) is 5.79. The Hall–Kier alpha value is -2.03. The molecule has 0 saturated heterocycles. The lowest BCUT2D eigenvalue weighted by atomic mass is 10.0. The van der Waals surface area contributed by atoms with Crippen molar-refractivity contribution >= 4 is 8.60 Å². The zero-order chi connectivity index (χ0) is 35.9. The first-order chi connectivity index (χ1) is 24.0. The quantitative estimate of drug-likeness (QED) is 0.0646. The van der Waals surface area contributed by atoms with E-state index in [0.717, 1.165) is 0 Å². The molecule has 278 valence electrons. The first-order valence-corrected chi connectivity index (χ1v) is 21.2.